The summed E-state index contributed by atoms with van der Waals surface area (Å²) < 4.78 is 0. The maximum absolute atomic E-state index is 12.5. The summed E-state index contributed by atoms with van der Waals surface area (Å²) in [6, 6.07) is 20.4. The summed E-state index contributed by atoms with van der Waals surface area (Å²) in [5.74, 6) is -0.885. The van der Waals surface area contributed by atoms with Crippen molar-refractivity contribution in [1.82, 2.24) is 5.43 Å². The van der Waals surface area contributed by atoms with Crippen LogP contribution in [0.3, 0.4) is 0 Å². The molecule has 140 valence electrons. The standard InChI is InChI=1S/C21H15Cl2N3O2/c22-17-10-4-1-7-14(17)13-24-26-21(28)16-9-3-6-12-19(16)25-20(27)15-8-2-5-11-18(15)23/h1-13H,(H,25,27)(H,26,28). The Hall–Kier alpha value is -3.15. The Balaban J connectivity index is 1.74. The minimum atomic E-state index is -0.474. The van der Waals surface area contributed by atoms with Crippen LogP contribution in [0, 0.1) is 0 Å². The van der Waals surface area contributed by atoms with Gasteiger partial charge in [-0.15, -0.1) is 0 Å². The molecule has 0 aliphatic heterocycles. The van der Waals surface area contributed by atoms with Gasteiger partial charge < -0.3 is 5.32 Å². The molecule has 3 rings (SSSR count). The molecule has 7 heteroatoms. The highest BCUT2D eigenvalue weighted by atomic mass is 35.5. The number of carbonyl (C=O) groups excluding carboxylic acids is 2. The highest BCUT2D eigenvalue weighted by Gasteiger charge is 2.15. The topological polar surface area (TPSA) is 70.6 Å². The third-order valence-electron chi connectivity index (χ3n) is 3.81. The number of anilines is 1. The number of nitrogens with zero attached hydrogens (tertiary/aromatic N) is 1. The van der Waals surface area contributed by atoms with E-state index < -0.39 is 11.8 Å². The van der Waals surface area contributed by atoms with Crippen LogP contribution >= 0.6 is 23.2 Å². The Morgan fingerprint density at radius 1 is 0.750 bits per heavy atom. The van der Waals surface area contributed by atoms with Crippen LogP contribution < -0.4 is 10.7 Å². The van der Waals surface area contributed by atoms with Gasteiger partial charge in [-0.1, -0.05) is 65.7 Å². The monoisotopic (exact) mass is 411 g/mol. The zero-order valence-electron chi connectivity index (χ0n) is 14.5. The molecule has 0 heterocycles. The molecule has 0 aliphatic carbocycles. The van der Waals surface area contributed by atoms with Gasteiger partial charge in [0, 0.05) is 10.6 Å². The number of nitrogens with one attached hydrogen (secondary N) is 2. The number of benzene rings is 3. The quantitative estimate of drug-likeness (QED) is 0.457. The number of para-hydroxylation sites is 1. The van der Waals surface area contributed by atoms with Crippen molar-refractivity contribution >= 4 is 46.9 Å². The molecule has 0 aromatic heterocycles. The van der Waals surface area contributed by atoms with Gasteiger partial charge in [0.1, 0.15) is 0 Å². The van der Waals surface area contributed by atoms with Crippen LogP contribution in [0.15, 0.2) is 77.9 Å². The Morgan fingerprint density at radius 3 is 2.07 bits per heavy atom. The van der Waals surface area contributed by atoms with Crippen molar-refractivity contribution in [3.05, 3.63) is 99.5 Å². The molecule has 0 radical (unpaired) electrons. The number of amides is 2. The van der Waals surface area contributed by atoms with E-state index in [2.05, 4.69) is 15.8 Å². The molecular weight excluding hydrogens is 397 g/mol. The predicted molar refractivity (Wildman–Crippen MR) is 112 cm³/mol. The average Bonchev–Trinajstić information content (AvgIpc) is 2.70. The van der Waals surface area contributed by atoms with E-state index in [9.17, 15) is 9.59 Å². The summed E-state index contributed by atoms with van der Waals surface area (Å²) in [4.78, 5) is 25.0. The molecule has 2 N–H and O–H groups in total. The first-order chi connectivity index (χ1) is 13.6. The lowest BCUT2D eigenvalue weighted by Crippen LogP contribution is -2.21. The Kier molecular flexibility index (Phi) is 6.42. The first-order valence-corrected chi connectivity index (χ1v) is 9.04. The third-order valence-corrected chi connectivity index (χ3v) is 4.49. The van der Waals surface area contributed by atoms with E-state index in [1.807, 2.05) is 6.07 Å². The van der Waals surface area contributed by atoms with Gasteiger partial charge >= 0.3 is 0 Å². The summed E-state index contributed by atoms with van der Waals surface area (Å²) in [7, 11) is 0. The smallest absolute Gasteiger partial charge is 0.273 e. The zero-order valence-corrected chi connectivity index (χ0v) is 16.0. The van der Waals surface area contributed by atoms with Gasteiger partial charge in [-0.25, -0.2) is 5.43 Å². The number of halogens is 2. The van der Waals surface area contributed by atoms with Crippen molar-refractivity contribution in [2.45, 2.75) is 0 Å². The van der Waals surface area contributed by atoms with Crippen molar-refractivity contribution in [2.75, 3.05) is 5.32 Å². The molecule has 28 heavy (non-hydrogen) atoms. The van der Waals surface area contributed by atoms with Crippen molar-refractivity contribution in [1.29, 1.82) is 0 Å². The average molecular weight is 412 g/mol. The van der Waals surface area contributed by atoms with Gasteiger partial charge in [0.25, 0.3) is 11.8 Å². The number of hydrazone groups is 1. The zero-order chi connectivity index (χ0) is 19.9. The van der Waals surface area contributed by atoms with Crippen LogP contribution in [-0.4, -0.2) is 18.0 Å². The maximum atomic E-state index is 12.5. The normalized spacial score (nSPS) is 10.6. The third kappa shape index (κ3) is 4.76. The first kappa shape index (κ1) is 19.6. The summed E-state index contributed by atoms with van der Waals surface area (Å²) in [5.41, 5.74) is 4.03. The van der Waals surface area contributed by atoms with Crippen LogP contribution in [-0.2, 0) is 0 Å². The highest BCUT2D eigenvalue weighted by molar-refractivity contribution is 6.34. The number of carbonyl (C=O) groups is 2. The molecule has 0 atom stereocenters. The van der Waals surface area contributed by atoms with Crippen LogP contribution in [0.5, 0.6) is 0 Å². The molecule has 0 saturated carbocycles. The SMILES string of the molecule is O=C(Nc1ccccc1C(=O)NN=Cc1ccccc1Cl)c1ccccc1Cl. The number of rotatable bonds is 5. The van der Waals surface area contributed by atoms with E-state index in [4.69, 9.17) is 23.2 Å². The van der Waals surface area contributed by atoms with Gasteiger partial charge in [0.15, 0.2) is 0 Å². The molecule has 0 aliphatic rings. The van der Waals surface area contributed by atoms with E-state index in [0.717, 1.165) is 0 Å². The molecule has 3 aromatic rings. The van der Waals surface area contributed by atoms with Gasteiger partial charge in [-0.3, -0.25) is 9.59 Å². The van der Waals surface area contributed by atoms with E-state index in [-0.39, 0.29) is 5.56 Å². The predicted octanol–water partition coefficient (Wildman–Crippen LogP) is 5.01. The van der Waals surface area contributed by atoms with Crippen molar-refractivity contribution in [2.24, 2.45) is 5.10 Å². The van der Waals surface area contributed by atoms with E-state index in [1.54, 1.807) is 66.7 Å². The summed E-state index contributed by atoms with van der Waals surface area (Å²) in [5, 5.41) is 7.48. The fourth-order valence-corrected chi connectivity index (χ4v) is 2.83. The molecule has 0 unspecified atom stereocenters. The Labute approximate surface area is 172 Å². The van der Waals surface area contributed by atoms with E-state index in [1.165, 1.54) is 6.21 Å². The lowest BCUT2D eigenvalue weighted by molar-refractivity contribution is 0.0956. The fourth-order valence-electron chi connectivity index (χ4n) is 2.43. The van der Waals surface area contributed by atoms with Gasteiger partial charge in [-0.05, 0) is 30.3 Å². The molecular formula is C21H15Cl2N3O2. The molecule has 0 bridgehead atoms. The van der Waals surface area contributed by atoms with Crippen LogP contribution in [0.2, 0.25) is 10.0 Å². The van der Waals surface area contributed by atoms with Gasteiger partial charge in [0.2, 0.25) is 0 Å². The maximum Gasteiger partial charge on any atom is 0.273 e. The van der Waals surface area contributed by atoms with Crippen molar-refractivity contribution in [3.8, 4) is 0 Å². The number of hydrogen-bond donors (Lipinski definition) is 2. The summed E-state index contributed by atoms with van der Waals surface area (Å²) in [6.45, 7) is 0. The minimum Gasteiger partial charge on any atom is -0.321 e. The van der Waals surface area contributed by atoms with Gasteiger partial charge in [-0.2, -0.15) is 5.10 Å². The molecule has 0 saturated heterocycles. The molecule has 2 amide bonds. The summed E-state index contributed by atoms with van der Waals surface area (Å²) in [6.07, 6.45) is 1.45. The van der Waals surface area contributed by atoms with Crippen LogP contribution in [0.4, 0.5) is 5.69 Å². The Morgan fingerprint density at radius 2 is 1.36 bits per heavy atom. The lowest BCUT2D eigenvalue weighted by Gasteiger charge is -2.10. The number of hydrogen-bond acceptors (Lipinski definition) is 3. The van der Waals surface area contributed by atoms with E-state index in [0.29, 0.717) is 26.9 Å². The minimum absolute atomic E-state index is 0.263. The Bertz CT molecular complexity index is 1050. The second kappa shape index (κ2) is 9.17. The second-order valence-corrected chi connectivity index (χ2v) is 6.51. The molecule has 0 fully saturated rings. The summed E-state index contributed by atoms with van der Waals surface area (Å²) >= 11 is 12.1. The highest BCUT2D eigenvalue weighted by Crippen LogP contribution is 2.20. The molecule has 5 nitrogen and oxygen atoms in total. The lowest BCUT2D eigenvalue weighted by atomic mass is 10.1. The van der Waals surface area contributed by atoms with Gasteiger partial charge in [0.05, 0.1) is 28.1 Å². The van der Waals surface area contributed by atoms with Crippen molar-refractivity contribution in [3.63, 3.8) is 0 Å². The first-order valence-electron chi connectivity index (χ1n) is 8.29. The van der Waals surface area contributed by atoms with Crippen LogP contribution in [0.25, 0.3) is 0 Å². The molecule has 3 aromatic carbocycles. The van der Waals surface area contributed by atoms with Crippen molar-refractivity contribution < 1.29 is 9.59 Å². The molecule has 0 spiro atoms. The van der Waals surface area contributed by atoms with E-state index >= 15 is 0 Å². The fraction of sp³-hybridized carbons (Fsp3) is 0. The second-order valence-electron chi connectivity index (χ2n) is 5.70. The van der Waals surface area contributed by atoms with Crippen LogP contribution in [0.1, 0.15) is 26.3 Å². The largest absolute Gasteiger partial charge is 0.321 e.